The zero-order valence-corrected chi connectivity index (χ0v) is 13.2. The Morgan fingerprint density at radius 1 is 1.24 bits per heavy atom. The van der Waals surface area contributed by atoms with Crippen LogP contribution in [-0.4, -0.2) is 6.04 Å². The van der Waals surface area contributed by atoms with Gasteiger partial charge in [-0.3, -0.25) is 0 Å². The topological polar surface area (TPSA) is 21.3 Å². The van der Waals surface area contributed by atoms with Crippen LogP contribution in [0.15, 0.2) is 36.4 Å². The Bertz CT molecular complexity index is 628. The first-order valence-corrected chi connectivity index (χ1v) is 7.30. The van der Waals surface area contributed by atoms with Crippen molar-refractivity contribution in [2.24, 2.45) is 0 Å². The lowest BCUT2D eigenvalue weighted by atomic mass is 10.2. The number of nitrogens with one attached hydrogen (secondary N) is 1. The molecule has 2 rings (SSSR count). The van der Waals surface area contributed by atoms with Crippen LogP contribution >= 0.6 is 11.6 Å². The minimum Gasteiger partial charge on any atom is -0.455 e. The summed E-state index contributed by atoms with van der Waals surface area (Å²) < 4.78 is 19.2. The van der Waals surface area contributed by atoms with Gasteiger partial charge in [0, 0.05) is 18.2 Å². The van der Waals surface area contributed by atoms with Crippen molar-refractivity contribution >= 4 is 11.6 Å². The first kappa shape index (κ1) is 15.8. The van der Waals surface area contributed by atoms with E-state index in [-0.39, 0.29) is 5.82 Å². The molecule has 1 N–H and O–H groups in total. The highest BCUT2D eigenvalue weighted by molar-refractivity contribution is 6.32. The van der Waals surface area contributed by atoms with Gasteiger partial charge in [0.05, 0.1) is 5.02 Å². The quantitative estimate of drug-likeness (QED) is 0.832. The van der Waals surface area contributed by atoms with Crippen LogP contribution in [0.2, 0.25) is 5.02 Å². The summed E-state index contributed by atoms with van der Waals surface area (Å²) >= 11 is 6.24. The van der Waals surface area contributed by atoms with Crippen molar-refractivity contribution in [1.29, 1.82) is 0 Å². The van der Waals surface area contributed by atoms with Gasteiger partial charge in [-0.05, 0) is 36.8 Å². The average Bonchev–Trinajstić information content (AvgIpc) is 2.43. The van der Waals surface area contributed by atoms with Gasteiger partial charge < -0.3 is 10.1 Å². The lowest BCUT2D eigenvalue weighted by Gasteiger charge is -2.15. The van der Waals surface area contributed by atoms with Crippen LogP contribution in [-0.2, 0) is 6.54 Å². The molecule has 0 aliphatic heterocycles. The van der Waals surface area contributed by atoms with Crippen LogP contribution < -0.4 is 10.1 Å². The number of benzene rings is 2. The molecule has 0 bridgehead atoms. The normalized spacial score (nSPS) is 11.0. The fourth-order valence-electron chi connectivity index (χ4n) is 1.92. The summed E-state index contributed by atoms with van der Waals surface area (Å²) in [5.41, 5.74) is 1.51. The fourth-order valence-corrected chi connectivity index (χ4v) is 2.15. The second-order valence-electron chi connectivity index (χ2n) is 5.28. The second kappa shape index (κ2) is 6.92. The molecular formula is C17H19ClFNO. The van der Waals surface area contributed by atoms with Gasteiger partial charge in [0.15, 0.2) is 0 Å². The molecule has 0 radical (unpaired) electrons. The molecule has 4 heteroatoms. The Labute approximate surface area is 129 Å². The van der Waals surface area contributed by atoms with Crippen molar-refractivity contribution in [3.63, 3.8) is 0 Å². The van der Waals surface area contributed by atoms with E-state index in [1.165, 1.54) is 6.07 Å². The summed E-state index contributed by atoms with van der Waals surface area (Å²) in [6.45, 7) is 6.52. The Morgan fingerprint density at radius 2 is 2.00 bits per heavy atom. The number of aryl methyl sites for hydroxylation is 1. The van der Waals surface area contributed by atoms with Crippen molar-refractivity contribution in [2.75, 3.05) is 0 Å². The molecule has 0 aromatic heterocycles. The standard InChI is InChI=1S/C17H19ClFNO/c1-11(2)20-10-13-5-4-6-15(18)17(13)21-14-7-8-16(19)12(3)9-14/h4-9,11,20H,10H2,1-3H3. The molecule has 0 saturated heterocycles. The molecule has 0 fully saturated rings. The van der Waals surface area contributed by atoms with Crippen molar-refractivity contribution in [3.8, 4) is 11.5 Å². The van der Waals surface area contributed by atoms with Gasteiger partial charge in [-0.15, -0.1) is 0 Å². The highest BCUT2D eigenvalue weighted by Gasteiger charge is 2.11. The van der Waals surface area contributed by atoms with Gasteiger partial charge in [0.25, 0.3) is 0 Å². The molecule has 0 atom stereocenters. The van der Waals surface area contributed by atoms with Gasteiger partial charge in [0.1, 0.15) is 17.3 Å². The van der Waals surface area contributed by atoms with Crippen LogP contribution in [0.5, 0.6) is 11.5 Å². The summed E-state index contributed by atoms with van der Waals surface area (Å²) in [4.78, 5) is 0. The second-order valence-corrected chi connectivity index (χ2v) is 5.68. The third kappa shape index (κ3) is 4.19. The monoisotopic (exact) mass is 307 g/mol. The molecule has 0 unspecified atom stereocenters. The number of hydrogen-bond acceptors (Lipinski definition) is 2. The molecule has 0 aliphatic carbocycles. The molecular weight excluding hydrogens is 289 g/mol. The van der Waals surface area contributed by atoms with Gasteiger partial charge in [0.2, 0.25) is 0 Å². The summed E-state index contributed by atoms with van der Waals surface area (Å²) in [6.07, 6.45) is 0. The van der Waals surface area contributed by atoms with Gasteiger partial charge in [-0.2, -0.15) is 0 Å². The summed E-state index contributed by atoms with van der Waals surface area (Å²) in [7, 11) is 0. The molecule has 0 saturated carbocycles. The predicted molar refractivity (Wildman–Crippen MR) is 84.6 cm³/mol. The Hall–Kier alpha value is -1.58. The van der Waals surface area contributed by atoms with Crippen LogP contribution in [0.25, 0.3) is 0 Å². The number of ether oxygens (including phenoxy) is 1. The van der Waals surface area contributed by atoms with E-state index in [0.717, 1.165) is 5.56 Å². The minimum absolute atomic E-state index is 0.247. The number of para-hydroxylation sites is 1. The van der Waals surface area contributed by atoms with E-state index in [0.29, 0.717) is 34.7 Å². The van der Waals surface area contributed by atoms with Crippen molar-refractivity contribution in [3.05, 3.63) is 58.4 Å². The summed E-state index contributed by atoms with van der Waals surface area (Å²) in [5, 5.41) is 3.88. The molecule has 0 aliphatic rings. The maximum absolute atomic E-state index is 13.3. The molecule has 0 spiro atoms. The first-order valence-electron chi connectivity index (χ1n) is 6.92. The van der Waals surface area contributed by atoms with E-state index in [1.54, 1.807) is 25.1 Å². The van der Waals surface area contributed by atoms with E-state index < -0.39 is 0 Å². The minimum atomic E-state index is -0.247. The molecule has 2 nitrogen and oxygen atoms in total. The van der Waals surface area contributed by atoms with Crippen molar-refractivity contribution in [2.45, 2.75) is 33.4 Å². The van der Waals surface area contributed by atoms with Crippen LogP contribution in [0.1, 0.15) is 25.0 Å². The number of hydrogen-bond donors (Lipinski definition) is 1. The van der Waals surface area contributed by atoms with E-state index in [2.05, 4.69) is 19.2 Å². The van der Waals surface area contributed by atoms with E-state index in [4.69, 9.17) is 16.3 Å². The zero-order valence-electron chi connectivity index (χ0n) is 12.4. The Balaban J connectivity index is 2.27. The van der Waals surface area contributed by atoms with Crippen LogP contribution in [0, 0.1) is 12.7 Å². The summed E-state index contributed by atoms with van der Waals surface area (Å²) in [6, 6.07) is 10.7. The van der Waals surface area contributed by atoms with Crippen molar-refractivity contribution < 1.29 is 9.13 Å². The van der Waals surface area contributed by atoms with E-state index in [9.17, 15) is 4.39 Å². The first-order chi connectivity index (χ1) is 9.97. The maximum atomic E-state index is 13.3. The third-order valence-corrected chi connectivity index (χ3v) is 3.40. The Kier molecular flexibility index (Phi) is 5.21. The molecule has 112 valence electrons. The van der Waals surface area contributed by atoms with Gasteiger partial charge >= 0.3 is 0 Å². The van der Waals surface area contributed by atoms with Gasteiger partial charge in [-0.1, -0.05) is 37.6 Å². The lowest BCUT2D eigenvalue weighted by Crippen LogP contribution is -2.22. The lowest BCUT2D eigenvalue weighted by molar-refractivity contribution is 0.467. The third-order valence-electron chi connectivity index (χ3n) is 3.10. The fraction of sp³-hybridized carbons (Fsp3) is 0.294. The van der Waals surface area contributed by atoms with Crippen LogP contribution in [0.3, 0.4) is 0 Å². The molecule has 0 heterocycles. The largest absolute Gasteiger partial charge is 0.455 e. The molecule has 2 aromatic rings. The van der Waals surface area contributed by atoms with Crippen molar-refractivity contribution in [1.82, 2.24) is 5.32 Å². The van der Waals surface area contributed by atoms with E-state index in [1.807, 2.05) is 12.1 Å². The zero-order chi connectivity index (χ0) is 15.4. The predicted octanol–water partition coefficient (Wildman–Crippen LogP) is 5.08. The SMILES string of the molecule is Cc1cc(Oc2c(Cl)cccc2CNC(C)C)ccc1F. The number of halogens is 2. The number of rotatable bonds is 5. The summed E-state index contributed by atoms with van der Waals surface area (Å²) in [5.74, 6) is 0.939. The molecule has 2 aromatic carbocycles. The highest BCUT2D eigenvalue weighted by atomic mass is 35.5. The molecule has 0 amide bonds. The van der Waals surface area contributed by atoms with Crippen LogP contribution in [0.4, 0.5) is 4.39 Å². The Morgan fingerprint density at radius 3 is 2.67 bits per heavy atom. The average molecular weight is 308 g/mol. The maximum Gasteiger partial charge on any atom is 0.150 e. The van der Waals surface area contributed by atoms with Gasteiger partial charge in [-0.25, -0.2) is 4.39 Å². The smallest absolute Gasteiger partial charge is 0.150 e. The highest BCUT2D eigenvalue weighted by Crippen LogP contribution is 2.33. The van der Waals surface area contributed by atoms with E-state index >= 15 is 0 Å². The molecule has 21 heavy (non-hydrogen) atoms.